The number of carbonyl (C=O) groups is 1. The lowest BCUT2D eigenvalue weighted by molar-refractivity contribution is 0.0172. The number of aromatic amines is 1. The number of ether oxygens (including phenoxy) is 1. The first-order valence-corrected chi connectivity index (χ1v) is 6.88. The van der Waals surface area contributed by atoms with Crippen molar-refractivity contribution in [3.05, 3.63) is 35.5 Å². The number of carbonyl (C=O) groups excluding carboxylic acids is 1. The van der Waals surface area contributed by atoms with Gasteiger partial charge in [0.15, 0.2) is 0 Å². The molecule has 0 saturated heterocycles. The normalized spacial score (nSPS) is 14.2. The average Bonchev–Trinajstić information content (AvgIpc) is 2.93. The van der Waals surface area contributed by atoms with Crippen LogP contribution in [0.4, 0.5) is 0 Å². The number of methoxy groups -OCH3 is 1. The standard InChI is InChI=1S/C14H17NO4S/c1-19-14(18)10-6-8(13(17)12(16)3-5-20)7-11-9(10)2-4-15-11/h2,4,6-7,12-13,15-17,20H,3,5H2,1H3. The van der Waals surface area contributed by atoms with E-state index >= 15 is 0 Å². The van der Waals surface area contributed by atoms with Gasteiger partial charge in [-0.25, -0.2) is 4.79 Å². The van der Waals surface area contributed by atoms with E-state index in [1.54, 1.807) is 24.4 Å². The fourth-order valence-electron chi connectivity index (χ4n) is 2.15. The third-order valence-corrected chi connectivity index (χ3v) is 3.49. The van der Waals surface area contributed by atoms with Gasteiger partial charge in [0.25, 0.3) is 0 Å². The zero-order chi connectivity index (χ0) is 14.7. The first kappa shape index (κ1) is 14.9. The summed E-state index contributed by atoms with van der Waals surface area (Å²) >= 11 is 4.03. The third-order valence-electron chi connectivity index (χ3n) is 3.23. The predicted molar refractivity (Wildman–Crippen MR) is 79.1 cm³/mol. The van der Waals surface area contributed by atoms with Crippen LogP contribution < -0.4 is 0 Å². The van der Waals surface area contributed by atoms with Crippen LogP contribution in [0.2, 0.25) is 0 Å². The number of aliphatic hydroxyl groups is 2. The molecule has 0 radical (unpaired) electrons. The fourth-order valence-corrected chi connectivity index (χ4v) is 2.42. The van der Waals surface area contributed by atoms with Crippen molar-refractivity contribution in [2.75, 3.05) is 12.9 Å². The van der Waals surface area contributed by atoms with Gasteiger partial charge in [0.1, 0.15) is 6.10 Å². The van der Waals surface area contributed by atoms with E-state index in [0.717, 1.165) is 5.39 Å². The zero-order valence-corrected chi connectivity index (χ0v) is 11.9. The van der Waals surface area contributed by atoms with Crippen LogP contribution in [0.5, 0.6) is 0 Å². The molecule has 3 N–H and O–H groups in total. The molecule has 0 spiro atoms. The van der Waals surface area contributed by atoms with Crippen molar-refractivity contribution in [2.45, 2.75) is 18.6 Å². The molecule has 0 aliphatic rings. The third kappa shape index (κ3) is 2.82. The molecule has 0 saturated carbocycles. The number of rotatable bonds is 5. The van der Waals surface area contributed by atoms with Crippen molar-refractivity contribution in [1.29, 1.82) is 0 Å². The Kier molecular flexibility index (Phi) is 4.69. The van der Waals surface area contributed by atoms with Gasteiger partial charge >= 0.3 is 5.97 Å². The van der Waals surface area contributed by atoms with Gasteiger partial charge < -0.3 is 19.9 Å². The molecule has 0 amide bonds. The van der Waals surface area contributed by atoms with Gasteiger partial charge in [-0.3, -0.25) is 0 Å². The lowest BCUT2D eigenvalue weighted by Crippen LogP contribution is -2.19. The minimum Gasteiger partial charge on any atom is -0.465 e. The van der Waals surface area contributed by atoms with Gasteiger partial charge in [-0.1, -0.05) is 0 Å². The fraction of sp³-hybridized carbons (Fsp3) is 0.357. The van der Waals surface area contributed by atoms with Gasteiger partial charge in [-0.05, 0) is 35.9 Å². The quantitative estimate of drug-likeness (QED) is 0.499. The van der Waals surface area contributed by atoms with Crippen LogP contribution in [0.15, 0.2) is 24.4 Å². The Morgan fingerprint density at radius 1 is 1.45 bits per heavy atom. The molecule has 6 heteroatoms. The SMILES string of the molecule is COC(=O)c1cc(C(O)C(O)CCS)cc2[nH]ccc12. The van der Waals surface area contributed by atoms with Crippen molar-refractivity contribution >= 4 is 29.5 Å². The molecule has 0 fully saturated rings. The maximum atomic E-state index is 11.8. The molecule has 1 aromatic carbocycles. The number of aromatic nitrogens is 1. The predicted octanol–water partition coefficient (Wildman–Crippen LogP) is 1.67. The van der Waals surface area contributed by atoms with Crippen LogP contribution in [-0.4, -0.2) is 40.1 Å². The van der Waals surface area contributed by atoms with E-state index in [2.05, 4.69) is 17.6 Å². The number of aliphatic hydroxyl groups excluding tert-OH is 2. The molecule has 5 nitrogen and oxygen atoms in total. The summed E-state index contributed by atoms with van der Waals surface area (Å²) in [4.78, 5) is 14.8. The van der Waals surface area contributed by atoms with E-state index < -0.39 is 18.2 Å². The van der Waals surface area contributed by atoms with E-state index in [4.69, 9.17) is 4.74 Å². The van der Waals surface area contributed by atoms with Crippen LogP contribution in [0.25, 0.3) is 10.9 Å². The lowest BCUT2D eigenvalue weighted by Gasteiger charge is -2.18. The highest BCUT2D eigenvalue weighted by Gasteiger charge is 2.21. The molecule has 0 bridgehead atoms. The van der Waals surface area contributed by atoms with Crippen LogP contribution in [0, 0.1) is 0 Å². The smallest absolute Gasteiger partial charge is 0.338 e. The zero-order valence-electron chi connectivity index (χ0n) is 11.0. The van der Waals surface area contributed by atoms with Gasteiger partial charge in [0.05, 0.1) is 18.8 Å². The molecule has 2 unspecified atom stereocenters. The molecule has 20 heavy (non-hydrogen) atoms. The lowest BCUT2D eigenvalue weighted by atomic mass is 9.98. The number of nitrogens with one attached hydrogen (secondary N) is 1. The van der Waals surface area contributed by atoms with Gasteiger partial charge in [0.2, 0.25) is 0 Å². The highest BCUT2D eigenvalue weighted by molar-refractivity contribution is 7.80. The number of H-pyrrole nitrogens is 1. The molecule has 2 aromatic rings. The summed E-state index contributed by atoms with van der Waals surface area (Å²) < 4.78 is 4.75. The summed E-state index contributed by atoms with van der Waals surface area (Å²) in [5.41, 5.74) is 1.54. The summed E-state index contributed by atoms with van der Waals surface area (Å²) in [6.07, 6.45) is 0.0709. The maximum Gasteiger partial charge on any atom is 0.338 e. The Hall–Kier alpha value is -1.50. The number of hydrogen-bond acceptors (Lipinski definition) is 5. The van der Waals surface area contributed by atoms with Gasteiger partial charge in [-0.2, -0.15) is 12.6 Å². The molecule has 0 aliphatic carbocycles. The molecule has 2 atom stereocenters. The maximum absolute atomic E-state index is 11.8. The first-order valence-electron chi connectivity index (χ1n) is 6.24. The monoisotopic (exact) mass is 295 g/mol. The number of thiol groups is 1. The molecule has 2 rings (SSSR count). The second-order valence-corrected chi connectivity index (χ2v) is 4.97. The van der Waals surface area contributed by atoms with Crippen LogP contribution in [0.1, 0.15) is 28.4 Å². The number of fused-ring (bicyclic) bond motifs is 1. The summed E-state index contributed by atoms with van der Waals surface area (Å²) in [5.74, 6) is -0.0142. The van der Waals surface area contributed by atoms with Crippen molar-refractivity contribution in [3.8, 4) is 0 Å². The van der Waals surface area contributed by atoms with Crippen LogP contribution in [-0.2, 0) is 4.74 Å². The Labute approximate surface area is 122 Å². The van der Waals surface area contributed by atoms with E-state index in [9.17, 15) is 15.0 Å². The Morgan fingerprint density at radius 3 is 2.85 bits per heavy atom. The second kappa shape index (κ2) is 6.30. The Bertz CT molecular complexity index is 610. The number of hydrogen-bond donors (Lipinski definition) is 4. The summed E-state index contributed by atoms with van der Waals surface area (Å²) in [7, 11) is 1.31. The Morgan fingerprint density at radius 2 is 2.20 bits per heavy atom. The Balaban J connectivity index is 2.46. The van der Waals surface area contributed by atoms with Crippen molar-refractivity contribution in [2.24, 2.45) is 0 Å². The number of benzene rings is 1. The minimum atomic E-state index is -1.07. The topological polar surface area (TPSA) is 82.6 Å². The molecule has 1 heterocycles. The minimum absolute atomic E-state index is 0.360. The van der Waals surface area contributed by atoms with Crippen molar-refractivity contribution < 1.29 is 19.7 Å². The largest absolute Gasteiger partial charge is 0.465 e. The summed E-state index contributed by atoms with van der Waals surface area (Å²) in [6.45, 7) is 0. The average molecular weight is 295 g/mol. The number of esters is 1. The molecular formula is C14H17NO4S. The van der Waals surface area contributed by atoms with E-state index in [1.165, 1.54) is 7.11 Å². The van der Waals surface area contributed by atoms with E-state index in [-0.39, 0.29) is 0 Å². The van der Waals surface area contributed by atoms with Crippen LogP contribution in [0.3, 0.4) is 0 Å². The van der Waals surface area contributed by atoms with E-state index in [1.807, 2.05) is 0 Å². The highest BCUT2D eigenvalue weighted by Crippen LogP contribution is 2.27. The van der Waals surface area contributed by atoms with Crippen molar-refractivity contribution in [1.82, 2.24) is 4.98 Å². The van der Waals surface area contributed by atoms with E-state index in [0.29, 0.717) is 28.8 Å². The highest BCUT2D eigenvalue weighted by atomic mass is 32.1. The second-order valence-electron chi connectivity index (χ2n) is 4.52. The van der Waals surface area contributed by atoms with Crippen molar-refractivity contribution in [3.63, 3.8) is 0 Å². The molecule has 1 aromatic heterocycles. The van der Waals surface area contributed by atoms with Gasteiger partial charge in [-0.15, -0.1) is 0 Å². The van der Waals surface area contributed by atoms with Crippen LogP contribution >= 0.6 is 12.6 Å². The summed E-state index contributed by atoms with van der Waals surface area (Å²) in [5, 5.41) is 20.7. The van der Waals surface area contributed by atoms with Gasteiger partial charge in [0, 0.05) is 17.1 Å². The summed E-state index contributed by atoms with van der Waals surface area (Å²) in [6, 6.07) is 5.03. The first-order chi connectivity index (χ1) is 9.58. The molecular weight excluding hydrogens is 278 g/mol. The molecule has 108 valence electrons. The molecule has 0 aliphatic heterocycles.